The SMILES string of the molecule is CCS(=O)(=O)N1CCc2ccc(NS(=O)(=O)c3cc(C)c(C)cc3OC)cc2C1. The van der Waals surface area contributed by atoms with E-state index in [4.69, 9.17) is 4.74 Å². The lowest BCUT2D eigenvalue weighted by Crippen LogP contribution is -2.36. The second-order valence-corrected chi connectivity index (χ2v) is 11.1. The first-order valence-corrected chi connectivity index (χ1v) is 12.4. The molecule has 0 amide bonds. The van der Waals surface area contributed by atoms with Gasteiger partial charge >= 0.3 is 0 Å². The minimum atomic E-state index is -3.88. The summed E-state index contributed by atoms with van der Waals surface area (Å²) in [5, 5.41) is 0. The van der Waals surface area contributed by atoms with E-state index in [0.717, 1.165) is 22.3 Å². The zero-order chi connectivity index (χ0) is 21.4. The highest BCUT2D eigenvalue weighted by molar-refractivity contribution is 7.92. The lowest BCUT2D eigenvalue weighted by molar-refractivity contribution is 0.392. The van der Waals surface area contributed by atoms with Crippen LogP contribution in [-0.4, -0.2) is 40.5 Å². The first-order chi connectivity index (χ1) is 13.6. The molecule has 0 saturated heterocycles. The fourth-order valence-corrected chi connectivity index (χ4v) is 5.71. The predicted octanol–water partition coefficient (Wildman–Crippen LogP) is 2.82. The number of hydrogen-bond acceptors (Lipinski definition) is 5. The van der Waals surface area contributed by atoms with Crippen molar-refractivity contribution in [2.75, 3.05) is 24.1 Å². The molecule has 2 aromatic rings. The maximum Gasteiger partial charge on any atom is 0.265 e. The number of methoxy groups -OCH3 is 1. The van der Waals surface area contributed by atoms with Crippen molar-refractivity contribution in [3.05, 3.63) is 52.6 Å². The van der Waals surface area contributed by atoms with Gasteiger partial charge in [-0.2, -0.15) is 4.31 Å². The number of nitrogens with one attached hydrogen (secondary N) is 1. The third kappa shape index (κ3) is 4.41. The highest BCUT2D eigenvalue weighted by Crippen LogP contribution is 2.30. The Morgan fingerprint density at radius 2 is 1.72 bits per heavy atom. The van der Waals surface area contributed by atoms with Crippen LogP contribution in [0.4, 0.5) is 5.69 Å². The summed E-state index contributed by atoms with van der Waals surface area (Å²) >= 11 is 0. The van der Waals surface area contributed by atoms with Crippen molar-refractivity contribution in [1.29, 1.82) is 0 Å². The summed E-state index contributed by atoms with van der Waals surface area (Å²) in [6, 6.07) is 8.54. The van der Waals surface area contributed by atoms with Gasteiger partial charge in [-0.3, -0.25) is 4.72 Å². The second-order valence-electron chi connectivity index (χ2n) is 7.16. The van der Waals surface area contributed by atoms with Gasteiger partial charge in [0.2, 0.25) is 10.0 Å². The van der Waals surface area contributed by atoms with Gasteiger partial charge in [-0.05, 0) is 73.7 Å². The Morgan fingerprint density at radius 3 is 2.38 bits per heavy atom. The van der Waals surface area contributed by atoms with Crippen molar-refractivity contribution in [3.8, 4) is 5.75 Å². The molecular formula is C20H26N2O5S2. The van der Waals surface area contributed by atoms with E-state index in [9.17, 15) is 16.8 Å². The molecule has 3 rings (SSSR count). The molecule has 0 aromatic heterocycles. The molecule has 0 radical (unpaired) electrons. The van der Waals surface area contributed by atoms with Gasteiger partial charge in [-0.25, -0.2) is 16.8 Å². The number of benzene rings is 2. The Bertz CT molecular complexity index is 1140. The van der Waals surface area contributed by atoms with Gasteiger partial charge in [0.25, 0.3) is 10.0 Å². The van der Waals surface area contributed by atoms with Crippen molar-refractivity contribution in [3.63, 3.8) is 0 Å². The summed E-state index contributed by atoms with van der Waals surface area (Å²) in [6.07, 6.45) is 0.604. The van der Waals surface area contributed by atoms with Crippen molar-refractivity contribution >= 4 is 25.7 Å². The molecule has 1 aliphatic heterocycles. The highest BCUT2D eigenvalue weighted by atomic mass is 32.2. The van der Waals surface area contributed by atoms with Crippen LogP contribution < -0.4 is 9.46 Å². The van der Waals surface area contributed by atoms with Gasteiger partial charge in [0.1, 0.15) is 10.6 Å². The minimum Gasteiger partial charge on any atom is -0.495 e. The summed E-state index contributed by atoms with van der Waals surface area (Å²) in [5.41, 5.74) is 4.00. The minimum absolute atomic E-state index is 0.0429. The maximum absolute atomic E-state index is 13.0. The molecule has 2 aromatic carbocycles. The van der Waals surface area contributed by atoms with Crippen LogP contribution in [0.1, 0.15) is 29.2 Å². The third-order valence-electron chi connectivity index (χ3n) is 5.26. The molecule has 1 aliphatic rings. The van der Waals surface area contributed by atoms with Crippen molar-refractivity contribution in [2.45, 2.75) is 38.6 Å². The number of fused-ring (bicyclic) bond motifs is 1. The van der Waals surface area contributed by atoms with E-state index in [2.05, 4.69) is 4.72 Å². The molecule has 0 fully saturated rings. The number of rotatable bonds is 6. The number of nitrogens with zero attached hydrogens (tertiary/aromatic N) is 1. The molecule has 0 atom stereocenters. The number of anilines is 1. The Morgan fingerprint density at radius 1 is 1.03 bits per heavy atom. The van der Waals surface area contributed by atoms with Gasteiger partial charge in [-0.15, -0.1) is 0 Å². The lowest BCUT2D eigenvalue weighted by atomic mass is 10.0. The van der Waals surface area contributed by atoms with E-state index in [-0.39, 0.29) is 22.9 Å². The van der Waals surface area contributed by atoms with Crippen LogP contribution in [-0.2, 0) is 33.0 Å². The lowest BCUT2D eigenvalue weighted by Gasteiger charge is -2.28. The topological polar surface area (TPSA) is 92.8 Å². The van der Waals surface area contributed by atoms with E-state index in [0.29, 0.717) is 18.7 Å². The molecule has 0 unspecified atom stereocenters. The third-order valence-corrected chi connectivity index (χ3v) is 8.49. The van der Waals surface area contributed by atoms with E-state index >= 15 is 0 Å². The van der Waals surface area contributed by atoms with Crippen LogP contribution in [0.3, 0.4) is 0 Å². The van der Waals surface area contributed by atoms with Crippen LogP contribution in [0.15, 0.2) is 35.2 Å². The number of hydrogen-bond donors (Lipinski definition) is 1. The monoisotopic (exact) mass is 438 g/mol. The van der Waals surface area contributed by atoms with Crippen LogP contribution in [0, 0.1) is 13.8 Å². The predicted molar refractivity (Wildman–Crippen MR) is 113 cm³/mol. The molecule has 0 spiro atoms. The van der Waals surface area contributed by atoms with Crippen LogP contribution in [0.2, 0.25) is 0 Å². The highest BCUT2D eigenvalue weighted by Gasteiger charge is 2.26. The van der Waals surface area contributed by atoms with Gasteiger partial charge < -0.3 is 4.74 Å². The fraction of sp³-hybridized carbons (Fsp3) is 0.400. The second kappa shape index (κ2) is 7.97. The molecule has 1 N–H and O–H groups in total. The van der Waals surface area contributed by atoms with Crippen molar-refractivity contribution < 1.29 is 21.6 Å². The quantitative estimate of drug-likeness (QED) is 0.749. The Kier molecular flexibility index (Phi) is 5.93. The maximum atomic E-state index is 13.0. The smallest absolute Gasteiger partial charge is 0.265 e. The summed E-state index contributed by atoms with van der Waals surface area (Å²) in [4.78, 5) is 0.0657. The Balaban J connectivity index is 1.92. The average Bonchev–Trinajstić information content (AvgIpc) is 2.68. The first-order valence-electron chi connectivity index (χ1n) is 9.35. The Hall–Kier alpha value is -2.10. The van der Waals surface area contributed by atoms with Crippen molar-refractivity contribution in [2.24, 2.45) is 0 Å². The van der Waals surface area contributed by atoms with Gasteiger partial charge in [-0.1, -0.05) is 6.07 Å². The molecular weight excluding hydrogens is 412 g/mol. The molecule has 1 heterocycles. The van der Waals surface area contributed by atoms with Crippen LogP contribution >= 0.6 is 0 Å². The van der Waals surface area contributed by atoms with Crippen LogP contribution in [0.5, 0.6) is 5.75 Å². The molecule has 0 saturated carbocycles. The molecule has 9 heteroatoms. The average molecular weight is 439 g/mol. The van der Waals surface area contributed by atoms with E-state index in [1.54, 1.807) is 31.2 Å². The summed E-state index contributed by atoms with van der Waals surface area (Å²) in [6.45, 7) is 6.03. The van der Waals surface area contributed by atoms with Crippen LogP contribution in [0.25, 0.3) is 0 Å². The number of sulfonamides is 2. The number of ether oxygens (including phenoxy) is 1. The molecule has 158 valence electrons. The molecule has 29 heavy (non-hydrogen) atoms. The number of aryl methyl sites for hydroxylation is 2. The first kappa shape index (κ1) is 21.6. The summed E-state index contributed by atoms with van der Waals surface area (Å²) < 4.78 is 59.7. The molecule has 7 nitrogen and oxygen atoms in total. The largest absolute Gasteiger partial charge is 0.495 e. The fourth-order valence-electron chi connectivity index (χ4n) is 3.36. The van der Waals surface area contributed by atoms with Gasteiger partial charge in [0.15, 0.2) is 0 Å². The van der Waals surface area contributed by atoms with Gasteiger partial charge in [0, 0.05) is 18.8 Å². The van der Waals surface area contributed by atoms with Crippen molar-refractivity contribution in [1.82, 2.24) is 4.31 Å². The van der Waals surface area contributed by atoms with E-state index in [1.165, 1.54) is 11.4 Å². The summed E-state index contributed by atoms with van der Waals surface area (Å²) in [7, 11) is -5.73. The molecule has 0 bridgehead atoms. The Labute approximate surface area is 172 Å². The van der Waals surface area contributed by atoms with E-state index < -0.39 is 20.0 Å². The zero-order valence-electron chi connectivity index (χ0n) is 17.0. The standard InChI is InChI=1S/C20H26N2O5S2/c1-5-28(23,24)22-9-8-16-6-7-18(12-17(16)13-22)21-29(25,26)20-11-15(3)14(2)10-19(20)27-4/h6-7,10-12,21H,5,8-9,13H2,1-4H3. The van der Waals surface area contributed by atoms with E-state index in [1.807, 2.05) is 19.9 Å². The van der Waals surface area contributed by atoms with Gasteiger partial charge in [0.05, 0.1) is 12.9 Å². The summed E-state index contributed by atoms with van der Waals surface area (Å²) in [5.74, 6) is 0.320. The molecule has 0 aliphatic carbocycles. The zero-order valence-corrected chi connectivity index (χ0v) is 18.7. The normalized spacial score (nSPS) is 15.0.